The van der Waals surface area contributed by atoms with Crippen molar-refractivity contribution in [3.8, 4) is 22.5 Å². The standard InChI is InChI=1S/C30H19NS.C24H24BNO2.C12H6BrClS/c1-2-8-22(9-3-1)31-27-12-6-4-10-23(27)24-16-14-21(19-28(24)31)20-15-17-30-26(18-20)25-11-5-7-13-29(25)32-30;1-23(2)24(3,4)28-25(27-23)17-14-15-20-19-12-8-9-13-21(19)26(22(20)16-17)18-10-6-5-7-11-18;13-7-1-3-11-9(5-7)10-6-8(14)2-4-12(10)15-11/h1-19H;5-16H,1-4H3;1-6H. The van der Waals surface area contributed by atoms with E-state index in [1.54, 1.807) is 11.3 Å². The van der Waals surface area contributed by atoms with Crippen molar-refractivity contribution in [3.63, 3.8) is 0 Å². The molecule has 4 aromatic heterocycles. The number of aromatic nitrogens is 2. The normalized spacial score (nSPS) is 14.1. The van der Waals surface area contributed by atoms with Gasteiger partial charge in [0.25, 0.3) is 0 Å². The Balaban J connectivity index is 0.000000115. The molecule has 4 nitrogen and oxygen atoms in total. The lowest BCUT2D eigenvalue weighted by atomic mass is 9.79. The minimum Gasteiger partial charge on any atom is -0.399 e. The Morgan fingerprint density at radius 2 is 0.827 bits per heavy atom. The summed E-state index contributed by atoms with van der Waals surface area (Å²) >= 11 is 13.2. The van der Waals surface area contributed by atoms with Crippen LogP contribution in [0, 0.1) is 0 Å². The number of hydrogen-bond donors (Lipinski definition) is 0. The number of para-hydroxylation sites is 4. The summed E-state index contributed by atoms with van der Waals surface area (Å²) in [6, 6.07) is 79.8. The van der Waals surface area contributed by atoms with Crippen LogP contribution in [0.2, 0.25) is 5.02 Å². The maximum Gasteiger partial charge on any atom is 0.494 e. The Labute approximate surface area is 457 Å². The van der Waals surface area contributed by atoms with Gasteiger partial charge in [0.15, 0.2) is 0 Å². The number of thiophene rings is 2. The van der Waals surface area contributed by atoms with Crippen molar-refractivity contribution in [1.82, 2.24) is 9.13 Å². The summed E-state index contributed by atoms with van der Waals surface area (Å²) in [5.74, 6) is 0. The highest BCUT2D eigenvalue weighted by atomic mass is 79.9. The minimum atomic E-state index is -0.364. The number of nitrogens with zero attached hydrogens (tertiary/aromatic N) is 2. The monoisotopic (exact) mass is 1090 g/mol. The van der Waals surface area contributed by atoms with Gasteiger partial charge in [-0.3, -0.25) is 0 Å². The van der Waals surface area contributed by atoms with Crippen LogP contribution < -0.4 is 5.46 Å². The van der Waals surface area contributed by atoms with Crippen LogP contribution in [0.4, 0.5) is 0 Å². The molecule has 14 aromatic rings. The first kappa shape index (κ1) is 47.7. The quantitative estimate of drug-likeness (QED) is 0.164. The maximum atomic E-state index is 6.29. The highest BCUT2D eigenvalue weighted by molar-refractivity contribution is 9.10. The number of benzene rings is 10. The molecule has 0 atom stereocenters. The molecule has 0 saturated carbocycles. The second kappa shape index (κ2) is 19.0. The number of hydrogen-bond acceptors (Lipinski definition) is 4. The van der Waals surface area contributed by atoms with Crippen LogP contribution in [0.3, 0.4) is 0 Å². The van der Waals surface area contributed by atoms with Gasteiger partial charge in [-0.2, -0.15) is 0 Å². The second-order valence-electron chi connectivity index (χ2n) is 20.2. The fraction of sp³-hybridized carbons (Fsp3) is 0.0909. The Morgan fingerprint density at radius 3 is 1.45 bits per heavy atom. The van der Waals surface area contributed by atoms with Gasteiger partial charge < -0.3 is 18.4 Å². The average molecular weight is 1090 g/mol. The summed E-state index contributed by atoms with van der Waals surface area (Å²) < 4.78 is 23.7. The Morgan fingerprint density at radius 1 is 0.387 bits per heavy atom. The minimum absolute atomic E-state index is 0.348. The van der Waals surface area contributed by atoms with Crippen LogP contribution in [0.5, 0.6) is 0 Å². The predicted octanol–water partition coefficient (Wildman–Crippen LogP) is 19.4. The molecule has 0 N–H and O–H groups in total. The van der Waals surface area contributed by atoms with E-state index in [0.717, 1.165) is 20.6 Å². The average Bonchev–Trinajstić information content (AvgIpc) is 4.28. The van der Waals surface area contributed by atoms with Crippen molar-refractivity contribution in [3.05, 3.63) is 234 Å². The Bertz CT molecular complexity index is 4410. The maximum absolute atomic E-state index is 6.29. The van der Waals surface area contributed by atoms with E-state index in [-0.39, 0.29) is 18.3 Å². The molecule has 75 heavy (non-hydrogen) atoms. The number of fused-ring (bicyclic) bond motifs is 12. The van der Waals surface area contributed by atoms with Crippen molar-refractivity contribution in [2.45, 2.75) is 38.9 Å². The molecular weight excluding hydrogens is 1040 g/mol. The van der Waals surface area contributed by atoms with Gasteiger partial charge in [0.1, 0.15) is 0 Å². The summed E-state index contributed by atoms with van der Waals surface area (Å²) in [6.07, 6.45) is 0. The van der Waals surface area contributed by atoms with Gasteiger partial charge in [-0.05, 0) is 147 Å². The van der Waals surface area contributed by atoms with E-state index in [2.05, 4.69) is 259 Å². The van der Waals surface area contributed by atoms with E-state index < -0.39 is 0 Å². The largest absolute Gasteiger partial charge is 0.494 e. The lowest BCUT2D eigenvalue weighted by Gasteiger charge is -2.32. The van der Waals surface area contributed by atoms with Gasteiger partial charge in [0, 0.05) is 82.8 Å². The molecule has 0 bridgehead atoms. The highest BCUT2D eigenvalue weighted by Gasteiger charge is 2.51. The summed E-state index contributed by atoms with van der Waals surface area (Å²) in [7, 11) is -0.364. The van der Waals surface area contributed by atoms with E-state index >= 15 is 0 Å². The first-order valence-corrected chi connectivity index (χ1v) is 28.0. The first-order valence-electron chi connectivity index (χ1n) is 25.2. The van der Waals surface area contributed by atoms with Crippen LogP contribution in [0.15, 0.2) is 229 Å². The Hall–Kier alpha value is -7.01. The summed E-state index contributed by atoms with van der Waals surface area (Å²) in [4.78, 5) is 0. The fourth-order valence-electron chi connectivity index (χ4n) is 10.6. The van der Waals surface area contributed by atoms with Crippen LogP contribution in [0.25, 0.3) is 106 Å². The first-order chi connectivity index (χ1) is 36.5. The van der Waals surface area contributed by atoms with E-state index in [1.807, 2.05) is 29.5 Å². The third-order valence-corrected chi connectivity index (χ3v) is 18.1. The molecule has 10 aromatic carbocycles. The molecule has 0 spiro atoms. The number of halogens is 2. The molecular formula is C66H49BBrClN2O2S2. The number of rotatable bonds is 4. The highest BCUT2D eigenvalue weighted by Crippen LogP contribution is 2.41. The van der Waals surface area contributed by atoms with Gasteiger partial charge in [-0.1, -0.05) is 149 Å². The van der Waals surface area contributed by atoms with Gasteiger partial charge in [-0.25, -0.2) is 0 Å². The zero-order valence-electron chi connectivity index (χ0n) is 41.7. The molecule has 1 aliphatic rings. The van der Waals surface area contributed by atoms with E-state index in [0.29, 0.717) is 0 Å². The molecule has 1 aliphatic heterocycles. The fourth-order valence-corrected chi connectivity index (χ4v) is 13.3. The SMILES string of the molecule is CC1(C)OB(c2ccc3c4ccccc4n(-c4ccccc4)c3c2)OC1(C)C.Clc1ccc2sc3ccc(Br)cc3c2c1.c1ccc(-n2c3ccccc3c3ccc(-c4ccc5sc6ccccc6c5c4)cc32)cc1. The third-order valence-electron chi connectivity index (χ3n) is 15.0. The molecule has 1 fully saturated rings. The van der Waals surface area contributed by atoms with Gasteiger partial charge in [0.05, 0.1) is 33.3 Å². The zero-order chi connectivity index (χ0) is 51.0. The van der Waals surface area contributed by atoms with Crippen LogP contribution >= 0.6 is 50.2 Å². The molecule has 15 rings (SSSR count). The molecule has 9 heteroatoms. The van der Waals surface area contributed by atoms with Crippen LogP contribution in [-0.4, -0.2) is 27.5 Å². The van der Waals surface area contributed by atoms with E-state index in [4.69, 9.17) is 20.9 Å². The van der Waals surface area contributed by atoms with Crippen LogP contribution in [-0.2, 0) is 9.31 Å². The van der Waals surface area contributed by atoms with Crippen LogP contribution in [0.1, 0.15) is 27.7 Å². The topological polar surface area (TPSA) is 28.3 Å². The van der Waals surface area contributed by atoms with Gasteiger partial charge in [0.2, 0.25) is 0 Å². The van der Waals surface area contributed by atoms with Crippen molar-refractivity contribution in [2.75, 3.05) is 0 Å². The molecule has 364 valence electrons. The lowest BCUT2D eigenvalue weighted by Crippen LogP contribution is -2.41. The molecule has 5 heterocycles. The smallest absolute Gasteiger partial charge is 0.399 e. The molecule has 0 aliphatic carbocycles. The molecule has 0 unspecified atom stereocenters. The Kier molecular flexibility index (Phi) is 12.1. The molecule has 0 radical (unpaired) electrons. The summed E-state index contributed by atoms with van der Waals surface area (Å²) in [5.41, 5.74) is 10.0. The van der Waals surface area contributed by atoms with Gasteiger partial charge in [-0.15, -0.1) is 22.7 Å². The second-order valence-corrected chi connectivity index (χ2v) is 23.7. The third kappa shape index (κ3) is 8.54. The molecule has 1 saturated heterocycles. The van der Waals surface area contributed by atoms with E-state index in [9.17, 15) is 0 Å². The molecule has 0 amide bonds. The summed E-state index contributed by atoms with van der Waals surface area (Å²) in [6.45, 7) is 8.36. The van der Waals surface area contributed by atoms with Gasteiger partial charge >= 0.3 is 7.12 Å². The zero-order valence-corrected chi connectivity index (χ0v) is 45.7. The van der Waals surface area contributed by atoms with Crippen molar-refractivity contribution >= 4 is 147 Å². The lowest BCUT2D eigenvalue weighted by molar-refractivity contribution is 0.00578. The van der Waals surface area contributed by atoms with Crippen molar-refractivity contribution in [1.29, 1.82) is 0 Å². The van der Waals surface area contributed by atoms with E-state index in [1.165, 1.54) is 101 Å². The van der Waals surface area contributed by atoms with Crippen molar-refractivity contribution in [2.24, 2.45) is 0 Å². The predicted molar refractivity (Wildman–Crippen MR) is 328 cm³/mol. The van der Waals surface area contributed by atoms with Crippen molar-refractivity contribution < 1.29 is 9.31 Å². The summed E-state index contributed by atoms with van der Waals surface area (Å²) in [5, 5.41) is 11.0.